The zero-order valence-corrected chi connectivity index (χ0v) is 18.2. The number of carbonyl (C=O) groups excluding carboxylic acids is 1. The zero-order chi connectivity index (χ0) is 22.0. The fourth-order valence-corrected chi connectivity index (χ4v) is 3.79. The van der Waals surface area contributed by atoms with Gasteiger partial charge in [-0.25, -0.2) is 9.37 Å². The third-order valence-corrected chi connectivity index (χ3v) is 5.66. The lowest BCUT2D eigenvalue weighted by Crippen LogP contribution is -2.30. The summed E-state index contributed by atoms with van der Waals surface area (Å²) < 4.78 is 38.2. The van der Waals surface area contributed by atoms with E-state index >= 15 is 4.39 Å². The average Bonchev–Trinajstić information content (AvgIpc) is 3.27. The number of rotatable bonds is 8. The maximum atomic E-state index is 15.0. The van der Waals surface area contributed by atoms with Crippen LogP contribution < -0.4 is 10.9 Å². The molecule has 1 aliphatic heterocycles. The Balaban J connectivity index is 2.01. The van der Waals surface area contributed by atoms with Crippen molar-refractivity contribution in [2.45, 2.75) is 51.8 Å². The van der Waals surface area contributed by atoms with E-state index in [0.29, 0.717) is 6.42 Å². The molecule has 4 unspecified atom stereocenters. The highest BCUT2D eigenvalue weighted by Gasteiger charge is 2.48. The highest BCUT2D eigenvalue weighted by atomic mass is 31.2. The molecule has 166 valence electrons. The molecule has 0 aromatic carbocycles. The molecule has 2 aromatic rings. The number of hydrogen-bond acceptors (Lipinski definition) is 8. The number of alkyl halides is 1. The fourth-order valence-electron chi connectivity index (χ4n) is 3.05. The lowest BCUT2D eigenvalue weighted by molar-refractivity contribution is -0.118. The number of imidazole rings is 1. The van der Waals surface area contributed by atoms with Crippen LogP contribution in [0.5, 0.6) is 0 Å². The van der Waals surface area contributed by atoms with Gasteiger partial charge in [-0.15, -0.1) is 0 Å². The lowest BCUT2D eigenvalue weighted by Gasteiger charge is -2.23. The van der Waals surface area contributed by atoms with E-state index in [-0.39, 0.29) is 28.9 Å². The second-order valence-electron chi connectivity index (χ2n) is 6.96. The Labute approximate surface area is 173 Å². The van der Waals surface area contributed by atoms with Gasteiger partial charge in [-0.3, -0.25) is 24.5 Å². The fraction of sp³-hybridized carbons (Fsp3) is 0.647. The highest BCUT2D eigenvalue weighted by Crippen LogP contribution is 2.46. The molecular weight excluding hydrogens is 420 g/mol. The van der Waals surface area contributed by atoms with E-state index in [0.717, 1.165) is 0 Å². The van der Waals surface area contributed by atoms with E-state index in [1.807, 2.05) is 0 Å². The van der Waals surface area contributed by atoms with E-state index in [1.54, 1.807) is 20.8 Å². The Morgan fingerprint density at radius 2 is 2.13 bits per heavy atom. The van der Waals surface area contributed by atoms with Gasteiger partial charge in [0.25, 0.3) is 5.56 Å². The van der Waals surface area contributed by atoms with Crippen LogP contribution in [-0.2, 0) is 23.1 Å². The maximum Gasteiger partial charge on any atom is 0.332 e. The first-order valence-corrected chi connectivity index (χ1v) is 10.5. The Morgan fingerprint density at radius 3 is 2.73 bits per heavy atom. The molecule has 0 radical (unpaired) electrons. The van der Waals surface area contributed by atoms with Crippen molar-refractivity contribution in [3.63, 3.8) is 0 Å². The quantitative estimate of drug-likeness (QED) is 0.592. The Kier molecular flexibility index (Phi) is 7.14. The van der Waals surface area contributed by atoms with Crippen LogP contribution in [0.15, 0.2) is 11.1 Å². The van der Waals surface area contributed by atoms with Gasteiger partial charge in [-0.2, -0.15) is 4.98 Å². The van der Waals surface area contributed by atoms with E-state index in [2.05, 4.69) is 20.3 Å². The second-order valence-corrected chi connectivity index (χ2v) is 8.35. The Morgan fingerprint density at radius 1 is 1.43 bits per heavy atom. The summed E-state index contributed by atoms with van der Waals surface area (Å²) in [5.41, 5.74) is -0.399. The summed E-state index contributed by atoms with van der Waals surface area (Å²) >= 11 is 0. The molecule has 30 heavy (non-hydrogen) atoms. The van der Waals surface area contributed by atoms with Crippen LogP contribution in [0.1, 0.15) is 33.4 Å². The maximum absolute atomic E-state index is 15.0. The normalized spacial score (nSPS) is 24.3. The van der Waals surface area contributed by atoms with Crippen LogP contribution >= 0.6 is 8.60 Å². The highest BCUT2D eigenvalue weighted by molar-refractivity contribution is 7.41. The van der Waals surface area contributed by atoms with Crippen LogP contribution in [0, 0.1) is 5.92 Å². The Bertz CT molecular complexity index is 948. The number of anilines is 1. The second kappa shape index (κ2) is 9.44. The van der Waals surface area contributed by atoms with Crippen LogP contribution in [0.2, 0.25) is 0 Å². The number of nitrogens with zero attached hydrogens (tertiary/aromatic N) is 3. The molecule has 13 heteroatoms. The number of carbonyl (C=O) groups is 1. The van der Waals surface area contributed by atoms with Crippen molar-refractivity contribution < 1.29 is 27.5 Å². The first kappa shape index (κ1) is 22.7. The van der Waals surface area contributed by atoms with Gasteiger partial charge in [0.05, 0.1) is 12.4 Å². The number of halogens is 1. The number of amides is 1. The Hall–Kier alpha value is -1.98. The largest absolute Gasteiger partial charge is 0.349 e. The van der Waals surface area contributed by atoms with E-state index < -0.39 is 38.8 Å². The van der Waals surface area contributed by atoms with Gasteiger partial charge in [0.1, 0.15) is 6.10 Å². The van der Waals surface area contributed by atoms with Gasteiger partial charge in [0.15, 0.2) is 23.6 Å². The van der Waals surface area contributed by atoms with Crippen molar-refractivity contribution in [1.82, 2.24) is 19.5 Å². The molecule has 2 aromatic heterocycles. The molecule has 11 nitrogen and oxygen atoms in total. The van der Waals surface area contributed by atoms with Gasteiger partial charge in [0.2, 0.25) is 11.9 Å². The summed E-state index contributed by atoms with van der Waals surface area (Å²) in [6.45, 7) is 5.21. The monoisotopic (exact) mass is 445 g/mol. The van der Waals surface area contributed by atoms with Gasteiger partial charge in [-0.1, -0.05) is 20.8 Å². The molecule has 1 saturated heterocycles. The first-order valence-electron chi connectivity index (χ1n) is 9.43. The standard InChI is InChI=1S/C17H25FN5O6P/c1-6-9-10(18)12(29-30(26-4)27-5)16(28-9)23-7-19-11-13(23)20-17(22-15(11)25)21-14(24)8(2)3/h7-10,12,16H,6H2,1-5H3,(H2,20,21,22,24,25). The van der Waals surface area contributed by atoms with Crippen LogP contribution in [0.3, 0.4) is 0 Å². The molecule has 0 saturated carbocycles. The predicted molar refractivity (Wildman–Crippen MR) is 107 cm³/mol. The minimum atomic E-state index is -1.79. The average molecular weight is 445 g/mol. The number of H-pyrrole nitrogens is 1. The first-order chi connectivity index (χ1) is 14.3. The van der Waals surface area contributed by atoms with Gasteiger partial charge < -0.3 is 18.3 Å². The smallest absolute Gasteiger partial charge is 0.332 e. The van der Waals surface area contributed by atoms with Crippen molar-refractivity contribution >= 4 is 31.6 Å². The molecule has 4 atom stereocenters. The number of fused-ring (bicyclic) bond motifs is 1. The van der Waals surface area contributed by atoms with Crippen LogP contribution in [-0.4, -0.2) is 58.0 Å². The van der Waals surface area contributed by atoms with Gasteiger partial charge in [0, 0.05) is 20.1 Å². The molecule has 1 aliphatic rings. The summed E-state index contributed by atoms with van der Waals surface area (Å²) in [6, 6.07) is 0. The van der Waals surface area contributed by atoms with Crippen molar-refractivity contribution in [1.29, 1.82) is 0 Å². The van der Waals surface area contributed by atoms with Gasteiger partial charge in [-0.05, 0) is 6.42 Å². The summed E-state index contributed by atoms with van der Waals surface area (Å²) in [7, 11) is 0.987. The third kappa shape index (κ3) is 4.37. The molecule has 0 aliphatic carbocycles. The third-order valence-electron chi connectivity index (χ3n) is 4.65. The topological polar surface area (TPSA) is 130 Å². The minimum Gasteiger partial charge on any atom is -0.349 e. The van der Waals surface area contributed by atoms with Gasteiger partial charge >= 0.3 is 8.60 Å². The molecule has 3 heterocycles. The van der Waals surface area contributed by atoms with Crippen molar-refractivity contribution in [3.05, 3.63) is 16.7 Å². The number of hydrogen-bond donors (Lipinski definition) is 2. The summed E-state index contributed by atoms with van der Waals surface area (Å²) in [4.78, 5) is 35.2. The molecule has 1 fully saturated rings. The van der Waals surface area contributed by atoms with Crippen molar-refractivity contribution in [2.24, 2.45) is 5.92 Å². The summed E-state index contributed by atoms with van der Waals surface area (Å²) in [6.07, 6.45) is -2.50. The lowest BCUT2D eigenvalue weighted by atomic mass is 10.1. The number of aromatic amines is 1. The minimum absolute atomic E-state index is 0.0241. The SMILES string of the molecule is CCC1OC(n2cnc3c(=O)[nH]c(NC(=O)C(C)C)nc32)C(OP(OC)OC)C1F. The zero-order valence-electron chi connectivity index (χ0n) is 17.3. The molecule has 1 amide bonds. The predicted octanol–water partition coefficient (Wildman–Crippen LogP) is 2.26. The van der Waals surface area contributed by atoms with Crippen LogP contribution in [0.4, 0.5) is 10.3 Å². The van der Waals surface area contributed by atoms with E-state index in [4.69, 9.17) is 18.3 Å². The molecule has 3 rings (SSSR count). The number of nitrogens with one attached hydrogen (secondary N) is 2. The molecular formula is C17H25FN5O6P. The van der Waals surface area contributed by atoms with E-state index in [1.165, 1.54) is 25.1 Å². The van der Waals surface area contributed by atoms with Crippen molar-refractivity contribution in [3.8, 4) is 0 Å². The van der Waals surface area contributed by atoms with E-state index in [9.17, 15) is 9.59 Å². The molecule has 0 bridgehead atoms. The number of ether oxygens (including phenoxy) is 1. The summed E-state index contributed by atoms with van der Waals surface area (Å²) in [5, 5.41) is 2.54. The number of aromatic nitrogens is 4. The molecule has 0 spiro atoms. The van der Waals surface area contributed by atoms with Crippen molar-refractivity contribution in [2.75, 3.05) is 19.5 Å². The molecule has 2 N–H and O–H groups in total. The van der Waals surface area contributed by atoms with Crippen LogP contribution in [0.25, 0.3) is 11.2 Å². The summed E-state index contributed by atoms with van der Waals surface area (Å²) in [5.74, 6) is -0.669.